The van der Waals surface area contributed by atoms with E-state index >= 15 is 0 Å². The maximum Gasteiger partial charge on any atom is 0.337 e. The van der Waals surface area contributed by atoms with Gasteiger partial charge in [-0.2, -0.15) is 0 Å². The number of nitrogens with one attached hydrogen (secondary N) is 1. The zero-order chi connectivity index (χ0) is 12.3. The summed E-state index contributed by atoms with van der Waals surface area (Å²) in [5, 5.41) is 11.7. The highest BCUT2D eigenvalue weighted by Gasteiger charge is 2.13. The van der Waals surface area contributed by atoms with E-state index in [1.807, 2.05) is 6.07 Å². The average molecular weight is 231 g/mol. The molecule has 0 aromatic heterocycles. The van der Waals surface area contributed by atoms with Gasteiger partial charge in [0.2, 0.25) is 0 Å². The monoisotopic (exact) mass is 231 g/mol. The second kappa shape index (κ2) is 4.65. The van der Waals surface area contributed by atoms with Crippen LogP contribution in [-0.2, 0) is 0 Å². The number of para-hydroxylation sites is 2. The van der Waals surface area contributed by atoms with E-state index in [4.69, 9.17) is 5.11 Å². The minimum absolute atomic E-state index is 0.0220. The van der Waals surface area contributed by atoms with E-state index in [0.29, 0.717) is 5.69 Å². The molecule has 0 aliphatic carbocycles. The first-order valence-corrected chi connectivity index (χ1v) is 5.02. The van der Waals surface area contributed by atoms with E-state index in [-0.39, 0.29) is 11.3 Å². The number of benzene rings is 2. The van der Waals surface area contributed by atoms with Crippen molar-refractivity contribution in [3.8, 4) is 0 Å². The van der Waals surface area contributed by atoms with Crippen LogP contribution in [0.15, 0.2) is 48.5 Å². The quantitative estimate of drug-likeness (QED) is 0.852. The van der Waals surface area contributed by atoms with Gasteiger partial charge in [0.15, 0.2) is 0 Å². The zero-order valence-electron chi connectivity index (χ0n) is 8.85. The van der Waals surface area contributed by atoms with E-state index in [1.54, 1.807) is 24.3 Å². The molecule has 4 heteroatoms. The molecule has 0 atom stereocenters. The SMILES string of the molecule is O=C(O)c1cccc(F)c1Nc1ccccc1. The molecular formula is C13H10FNO2. The van der Waals surface area contributed by atoms with Gasteiger partial charge in [-0.15, -0.1) is 0 Å². The summed E-state index contributed by atoms with van der Waals surface area (Å²) in [4.78, 5) is 11.0. The zero-order valence-corrected chi connectivity index (χ0v) is 8.85. The van der Waals surface area contributed by atoms with Crippen LogP contribution < -0.4 is 5.32 Å². The van der Waals surface area contributed by atoms with Gasteiger partial charge in [0.25, 0.3) is 0 Å². The van der Waals surface area contributed by atoms with Crippen LogP contribution in [0.25, 0.3) is 0 Å². The summed E-state index contributed by atoms with van der Waals surface area (Å²) in [5.41, 5.74) is 0.528. The summed E-state index contributed by atoms with van der Waals surface area (Å²) in [7, 11) is 0. The number of anilines is 2. The highest BCUT2D eigenvalue weighted by atomic mass is 19.1. The Balaban J connectivity index is 2.41. The number of aromatic carboxylic acids is 1. The van der Waals surface area contributed by atoms with Crippen LogP contribution in [0.5, 0.6) is 0 Å². The molecule has 2 aromatic rings. The van der Waals surface area contributed by atoms with Crippen molar-refractivity contribution < 1.29 is 14.3 Å². The lowest BCUT2D eigenvalue weighted by Crippen LogP contribution is -2.04. The molecule has 0 saturated carbocycles. The largest absolute Gasteiger partial charge is 0.478 e. The van der Waals surface area contributed by atoms with Gasteiger partial charge in [-0.25, -0.2) is 9.18 Å². The molecule has 0 fully saturated rings. The molecule has 0 radical (unpaired) electrons. The number of hydrogen-bond acceptors (Lipinski definition) is 2. The van der Waals surface area contributed by atoms with Crippen LogP contribution in [-0.4, -0.2) is 11.1 Å². The molecule has 0 unspecified atom stereocenters. The number of carboxylic acids is 1. The maximum absolute atomic E-state index is 13.6. The first-order chi connectivity index (χ1) is 8.18. The summed E-state index contributed by atoms with van der Waals surface area (Å²) >= 11 is 0. The minimum Gasteiger partial charge on any atom is -0.478 e. The maximum atomic E-state index is 13.6. The molecule has 0 bridgehead atoms. The number of hydrogen-bond donors (Lipinski definition) is 2. The van der Waals surface area contributed by atoms with Gasteiger partial charge in [-0.05, 0) is 24.3 Å². The fourth-order valence-corrected chi connectivity index (χ4v) is 1.50. The normalized spacial score (nSPS) is 9.94. The van der Waals surface area contributed by atoms with Crippen LogP contribution in [0, 0.1) is 5.82 Å². The van der Waals surface area contributed by atoms with Crippen molar-refractivity contribution in [2.75, 3.05) is 5.32 Å². The third-order valence-corrected chi connectivity index (χ3v) is 2.29. The molecular weight excluding hydrogens is 221 g/mol. The van der Waals surface area contributed by atoms with Crippen molar-refractivity contribution in [3.63, 3.8) is 0 Å². The summed E-state index contributed by atoms with van der Waals surface area (Å²) in [6.07, 6.45) is 0. The Labute approximate surface area is 97.5 Å². The van der Waals surface area contributed by atoms with E-state index in [0.717, 1.165) is 0 Å². The lowest BCUT2D eigenvalue weighted by atomic mass is 10.1. The average Bonchev–Trinajstić information content (AvgIpc) is 2.33. The fraction of sp³-hybridized carbons (Fsp3) is 0. The minimum atomic E-state index is -1.16. The molecule has 2 rings (SSSR count). The number of carboxylic acid groups (broad SMARTS) is 1. The third kappa shape index (κ3) is 2.42. The van der Waals surface area contributed by atoms with Crippen LogP contribution >= 0.6 is 0 Å². The van der Waals surface area contributed by atoms with Crippen molar-refractivity contribution in [3.05, 3.63) is 59.9 Å². The summed E-state index contributed by atoms with van der Waals surface area (Å²) in [5.74, 6) is -1.75. The van der Waals surface area contributed by atoms with Crippen molar-refractivity contribution in [2.45, 2.75) is 0 Å². The van der Waals surface area contributed by atoms with Gasteiger partial charge in [-0.1, -0.05) is 24.3 Å². The van der Waals surface area contributed by atoms with E-state index in [2.05, 4.69) is 5.32 Å². The highest BCUT2D eigenvalue weighted by molar-refractivity contribution is 5.95. The molecule has 3 nitrogen and oxygen atoms in total. The summed E-state index contributed by atoms with van der Waals surface area (Å²) < 4.78 is 13.6. The van der Waals surface area contributed by atoms with Gasteiger partial charge < -0.3 is 10.4 Å². The molecule has 0 saturated heterocycles. The Morgan fingerprint density at radius 3 is 2.41 bits per heavy atom. The second-order valence-electron chi connectivity index (χ2n) is 3.46. The molecule has 2 N–H and O–H groups in total. The molecule has 17 heavy (non-hydrogen) atoms. The number of carbonyl (C=O) groups is 1. The third-order valence-electron chi connectivity index (χ3n) is 2.29. The van der Waals surface area contributed by atoms with Gasteiger partial charge in [0, 0.05) is 5.69 Å². The van der Waals surface area contributed by atoms with Gasteiger partial charge in [-0.3, -0.25) is 0 Å². The standard InChI is InChI=1S/C13H10FNO2/c14-11-8-4-7-10(13(16)17)12(11)15-9-5-2-1-3-6-9/h1-8,15H,(H,16,17). The number of halogens is 1. The van der Waals surface area contributed by atoms with Gasteiger partial charge in [0.05, 0.1) is 11.3 Å². The van der Waals surface area contributed by atoms with Crippen LogP contribution in [0.2, 0.25) is 0 Å². The predicted molar refractivity (Wildman–Crippen MR) is 63.1 cm³/mol. The Kier molecular flexibility index (Phi) is 3.05. The summed E-state index contributed by atoms with van der Waals surface area (Å²) in [6.45, 7) is 0. The highest BCUT2D eigenvalue weighted by Crippen LogP contribution is 2.24. The Bertz CT molecular complexity index is 540. The molecule has 0 heterocycles. The van der Waals surface area contributed by atoms with Crippen LogP contribution in [0.4, 0.5) is 15.8 Å². The fourth-order valence-electron chi connectivity index (χ4n) is 1.50. The van der Waals surface area contributed by atoms with E-state index in [1.165, 1.54) is 18.2 Å². The summed E-state index contributed by atoms with van der Waals surface area (Å²) in [6, 6.07) is 12.8. The Morgan fingerprint density at radius 2 is 1.76 bits per heavy atom. The lowest BCUT2D eigenvalue weighted by molar-refractivity contribution is 0.0697. The van der Waals surface area contributed by atoms with Gasteiger partial charge in [0.1, 0.15) is 5.82 Å². The topological polar surface area (TPSA) is 49.3 Å². The smallest absolute Gasteiger partial charge is 0.337 e. The van der Waals surface area contributed by atoms with Crippen molar-refractivity contribution in [1.29, 1.82) is 0 Å². The van der Waals surface area contributed by atoms with E-state index < -0.39 is 11.8 Å². The van der Waals surface area contributed by atoms with Crippen molar-refractivity contribution in [2.24, 2.45) is 0 Å². The van der Waals surface area contributed by atoms with Crippen LogP contribution in [0.3, 0.4) is 0 Å². The first kappa shape index (κ1) is 11.1. The number of rotatable bonds is 3. The molecule has 86 valence electrons. The van der Waals surface area contributed by atoms with E-state index in [9.17, 15) is 9.18 Å². The molecule has 0 aliphatic rings. The van der Waals surface area contributed by atoms with Crippen LogP contribution in [0.1, 0.15) is 10.4 Å². The Morgan fingerprint density at radius 1 is 1.06 bits per heavy atom. The second-order valence-corrected chi connectivity index (χ2v) is 3.46. The Hall–Kier alpha value is -2.36. The predicted octanol–water partition coefficient (Wildman–Crippen LogP) is 3.27. The van der Waals surface area contributed by atoms with Crippen molar-refractivity contribution >= 4 is 17.3 Å². The lowest BCUT2D eigenvalue weighted by Gasteiger charge is -2.10. The molecule has 0 aliphatic heterocycles. The van der Waals surface area contributed by atoms with Crippen molar-refractivity contribution in [1.82, 2.24) is 0 Å². The molecule has 2 aromatic carbocycles. The molecule has 0 amide bonds. The first-order valence-electron chi connectivity index (χ1n) is 5.02. The van der Waals surface area contributed by atoms with Gasteiger partial charge >= 0.3 is 5.97 Å². The molecule has 0 spiro atoms.